The van der Waals surface area contributed by atoms with Crippen LogP contribution >= 0.6 is 15.9 Å². The molecular weight excluding hydrogens is 282 g/mol. The number of carbonyl (C=O) groups is 1. The SMILES string of the molecule is CN(CCc1ccc(Br)cc1)C1CCOC1=O. The Morgan fingerprint density at radius 2 is 2.12 bits per heavy atom. The highest BCUT2D eigenvalue weighted by molar-refractivity contribution is 9.10. The molecule has 0 radical (unpaired) electrons. The minimum Gasteiger partial charge on any atom is -0.464 e. The second kappa shape index (κ2) is 5.65. The van der Waals surface area contributed by atoms with Crippen LogP contribution in [0.5, 0.6) is 0 Å². The third-order valence-corrected chi connectivity index (χ3v) is 3.63. The van der Waals surface area contributed by atoms with E-state index in [1.807, 2.05) is 19.2 Å². The number of cyclic esters (lactones) is 1. The molecule has 1 atom stereocenters. The Kier molecular flexibility index (Phi) is 4.18. The molecule has 3 nitrogen and oxygen atoms in total. The summed E-state index contributed by atoms with van der Waals surface area (Å²) in [6.07, 6.45) is 1.77. The monoisotopic (exact) mass is 297 g/mol. The van der Waals surface area contributed by atoms with E-state index in [0.29, 0.717) is 6.61 Å². The van der Waals surface area contributed by atoms with Gasteiger partial charge < -0.3 is 4.74 Å². The van der Waals surface area contributed by atoms with Crippen molar-refractivity contribution in [2.45, 2.75) is 18.9 Å². The van der Waals surface area contributed by atoms with E-state index < -0.39 is 0 Å². The molecule has 92 valence electrons. The second-order valence-corrected chi connectivity index (χ2v) is 5.24. The summed E-state index contributed by atoms with van der Waals surface area (Å²) in [4.78, 5) is 13.5. The minimum absolute atomic E-state index is 0.0505. The standard InChI is InChI=1S/C13H16BrNO2/c1-15(12-7-9-17-13(12)16)8-6-10-2-4-11(14)5-3-10/h2-5,12H,6-9H2,1H3. The molecule has 1 aromatic carbocycles. The first kappa shape index (κ1) is 12.6. The smallest absolute Gasteiger partial charge is 0.323 e. The Morgan fingerprint density at radius 1 is 1.41 bits per heavy atom. The molecule has 0 spiro atoms. The van der Waals surface area contributed by atoms with Gasteiger partial charge in [0.25, 0.3) is 0 Å². The number of esters is 1. The molecule has 0 aromatic heterocycles. The van der Waals surface area contributed by atoms with E-state index in [2.05, 4.69) is 33.0 Å². The zero-order chi connectivity index (χ0) is 12.3. The van der Waals surface area contributed by atoms with Gasteiger partial charge in [-0.25, -0.2) is 0 Å². The molecule has 2 rings (SSSR count). The average molecular weight is 298 g/mol. The van der Waals surface area contributed by atoms with Gasteiger partial charge in [0.15, 0.2) is 0 Å². The van der Waals surface area contributed by atoms with Crippen LogP contribution in [-0.4, -0.2) is 37.1 Å². The molecule has 0 saturated carbocycles. The highest BCUT2D eigenvalue weighted by atomic mass is 79.9. The lowest BCUT2D eigenvalue weighted by Crippen LogP contribution is -2.36. The Hall–Kier alpha value is -0.870. The molecule has 1 heterocycles. The lowest BCUT2D eigenvalue weighted by atomic mass is 10.1. The molecule has 1 aliphatic rings. The molecule has 1 unspecified atom stereocenters. The third-order valence-electron chi connectivity index (χ3n) is 3.11. The number of rotatable bonds is 4. The summed E-state index contributed by atoms with van der Waals surface area (Å²) in [5, 5.41) is 0. The van der Waals surface area contributed by atoms with Crippen molar-refractivity contribution in [2.24, 2.45) is 0 Å². The maximum Gasteiger partial charge on any atom is 0.323 e. The quantitative estimate of drug-likeness (QED) is 0.798. The predicted octanol–water partition coefficient (Wildman–Crippen LogP) is 2.24. The molecule has 17 heavy (non-hydrogen) atoms. The predicted molar refractivity (Wildman–Crippen MR) is 69.8 cm³/mol. The topological polar surface area (TPSA) is 29.5 Å². The summed E-state index contributed by atoms with van der Waals surface area (Å²) in [6.45, 7) is 1.44. The van der Waals surface area contributed by atoms with E-state index in [4.69, 9.17) is 4.74 Å². The van der Waals surface area contributed by atoms with Crippen molar-refractivity contribution < 1.29 is 9.53 Å². The number of hydrogen-bond donors (Lipinski definition) is 0. The summed E-state index contributed by atoms with van der Waals surface area (Å²) < 4.78 is 6.06. The van der Waals surface area contributed by atoms with Crippen molar-refractivity contribution in [1.82, 2.24) is 4.90 Å². The van der Waals surface area contributed by atoms with Crippen molar-refractivity contribution in [3.8, 4) is 0 Å². The van der Waals surface area contributed by atoms with Gasteiger partial charge >= 0.3 is 5.97 Å². The molecule has 0 amide bonds. The first-order chi connectivity index (χ1) is 8.16. The van der Waals surface area contributed by atoms with Gasteiger partial charge in [0.05, 0.1) is 6.61 Å². The number of carbonyl (C=O) groups excluding carboxylic acids is 1. The molecular formula is C13H16BrNO2. The van der Waals surface area contributed by atoms with Crippen LogP contribution in [-0.2, 0) is 16.0 Å². The van der Waals surface area contributed by atoms with Crippen molar-refractivity contribution in [3.05, 3.63) is 34.3 Å². The zero-order valence-electron chi connectivity index (χ0n) is 9.86. The number of benzene rings is 1. The molecule has 1 saturated heterocycles. The fraction of sp³-hybridized carbons (Fsp3) is 0.462. The first-order valence-electron chi connectivity index (χ1n) is 5.78. The molecule has 0 bridgehead atoms. The number of halogens is 1. The molecule has 1 fully saturated rings. The Balaban J connectivity index is 1.85. The van der Waals surface area contributed by atoms with Gasteiger partial charge in [-0.1, -0.05) is 28.1 Å². The van der Waals surface area contributed by atoms with Crippen molar-refractivity contribution in [1.29, 1.82) is 0 Å². The van der Waals surface area contributed by atoms with Crippen molar-refractivity contribution >= 4 is 21.9 Å². The van der Waals surface area contributed by atoms with E-state index in [9.17, 15) is 4.79 Å². The normalized spacial score (nSPS) is 19.7. The van der Waals surface area contributed by atoms with Crippen molar-refractivity contribution in [3.63, 3.8) is 0 Å². The number of hydrogen-bond acceptors (Lipinski definition) is 3. The van der Waals surface area contributed by atoms with Crippen LogP contribution in [0.4, 0.5) is 0 Å². The van der Waals surface area contributed by atoms with Crippen molar-refractivity contribution in [2.75, 3.05) is 20.2 Å². The van der Waals surface area contributed by atoms with Crippen LogP contribution < -0.4 is 0 Å². The van der Waals surface area contributed by atoms with E-state index in [1.165, 1.54) is 5.56 Å². The lowest BCUT2D eigenvalue weighted by Gasteiger charge is -2.20. The molecule has 4 heteroatoms. The van der Waals surface area contributed by atoms with Gasteiger partial charge in [-0.05, 0) is 31.2 Å². The number of likely N-dealkylation sites (N-methyl/N-ethyl adjacent to an activating group) is 1. The highest BCUT2D eigenvalue weighted by Crippen LogP contribution is 2.14. The van der Waals surface area contributed by atoms with Gasteiger partial charge in [0, 0.05) is 17.4 Å². The Morgan fingerprint density at radius 3 is 2.71 bits per heavy atom. The summed E-state index contributed by atoms with van der Waals surface area (Å²) in [7, 11) is 1.98. The van der Waals surface area contributed by atoms with Crippen LogP contribution in [0.2, 0.25) is 0 Å². The molecule has 1 aliphatic heterocycles. The van der Waals surface area contributed by atoms with E-state index in [-0.39, 0.29) is 12.0 Å². The van der Waals surface area contributed by atoms with Gasteiger partial charge in [0.2, 0.25) is 0 Å². The largest absolute Gasteiger partial charge is 0.464 e. The van der Waals surface area contributed by atoms with Gasteiger partial charge in [-0.15, -0.1) is 0 Å². The molecule has 1 aromatic rings. The lowest BCUT2D eigenvalue weighted by molar-refractivity contribution is -0.141. The third kappa shape index (κ3) is 3.30. The van der Waals surface area contributed by atoms with Crippen LogP contribution in [0, 0.1) is 0 Å². The second-order valence-electron chi connectivity index (χ2n) is 4.33. The summed E-state index contributed by atoms with van der Waals surface area (Å²) in [5.74, 6) is -0.0803. The van der Waals surface area contributed by atoms with Crippen LogP contribution in [0.15, 0.2) is 28.7 Å². The Labute approximate surface area is 110 Å². The average Bonchev–Trinajstić information content (AvgIpc) is 2.74. The summed E-state index contributed by atoms with van der Waals surface area (Å²) >= 11 is 3.42. The Bertz CT molecular complexity index is 391. The molecule has 0 N–H and O–H groups in total. The van der Waals surface area contributed by atoms with E-state index in [1.54, 1.807) is 0 Å². The van der Waals surface area contributed by atoms with Crippen LogP contribution in [0.3, 0.4) is 0 Å². The summed E-state index contributed by atoms with van der Waals surface area (Å²) in [5.41, 5.74) is 1.28. The van der Waals surface area contributed by atoms with E-state index >= 15 is 0 Å². The van der Waals surface area contributed by atoms with Crippen LogP contribution in [0.1, 0.15) is 12.0 Å². The van der Waals surface area contributed by atoms with Gasteiger partial charge in [-0.2, -0.15) is 0 Å². The summed E-state index contributed by atoms with van der Waals surface area (Å²) in [6, 6.07) is 8.24. The van der Waals surface area contributed by atoms with Gasteiger partial charge in [-0.3, -0.25) is 9.69 Å². The van der Waals surface area contributed by atoms with E-state index in [0.717, 1.165) is 23.9 Å². The minimum atomic E-state index is -0.0803. The highest BCUT2D eigenvalue weighted by Gasteiger charge is 2.29. The first-order valence-corrected chi connectivity index (χ1v) is 6.57. The fourth-order valence-corrected chi connectivity index (χ4v) is 2.26. The number of ether oxygens (including phenoxy) is 1. The van der Waals surface area contributed by atoms with Gasteiger partial charge in [0.1, 0.15) is 6.04 Å². The maximum atomic E-state index is 11.4. The van der Waals surface area contributed by atoms with Crippen LogP contribution in [0.25, 0.3) is 0 Å². The maximum absolute atomic E-state index is 11.4. The molecule has 0 aliphatic carbocycles. The fourth-order valence-electron chi connectivity index (χ4n) is 2.00. The zero-order valence-corrected chi connectivity index (χ0v) is 11.4. The number of nitrogens with zero attached hydrogens (tertiary/aromatic N) is 1.